The summed E-state index contributed by atoms with van der Waals surface area (Å²) in [5, 5.41) is 2.54. The first-order valence-electron chi connectivity index (χ1n) is 5.20. The number of hydrogen-bond acceptors (Lipinski definition) is 2. The van der Waals surface area contributed by atoms with E-state index in [-0.39, 0.29) is 11.7 Å². The van der Waals surface area contributed by atoms with Crippen molar-refractivity contribution in [1.82, 2.24) is 14.9 Å². The number of aryl methyl sites for hydroxylation is 1. The van der Waals surface area contributed by atoms with Crippen LogP contribution in [0.5, 0.6) is 0 Å². The van der Waals surface area contributed by atoms with Crippen LogP contribution in [0.25, 0.3) is 11.0 Å². The van der Waals surface area contributed by atoms with Gasteiger partial charge in [-0.15, -0.1) is 0 Å². The highest BCUT2D eigenvalue weighted by atomic mass is 32.1. The van der Waals surface area contributed by atoms with Crippen LogP contribution in [-0.2, 0) is 11.3 Å². The van der Waals surface area contributed by atoms with E-state index in [1.165, 1.54) is 12.1 Å². The maximum atomic E-state index is 13.2. The van der Waals surface area contributed by atoms with Gasteiger partial charge in [0.1, 0.15) is 5.82 Å². The van der Waals surface area contributed by atoms with Gasteiger partial charge in [0, 0.05) is 20.0 Å². The van der Waals surface area contributed by atoms with Crippen molar-refractivity contribution in [3.8, 4) is 0 Å². The third-order valence-electron chi connectivity index (χ3n) is 2.58. The molecule has 1 aromatic carbocycles. The van der Waals surface area contributed by atoms with Crippen LogP contribution < -0.4 is 5.32 Å². The molecule has 6 heteroatoms. The van der Waals surface area contributed by atoms with Gasteiger partial charge < -0.3 is 14.9 Å². The molecule has 90 valence electrons. The minimum atomic E-state index is -0.319. The molecule has 2 N–H and O–H groups in total. The van der Waals surface area contributed by atoms with Crippen molar-refractivity contribution >= 4 is 29.2 Å². The lowest BCUT2D eigenvalue weighted by molar-refractivity contribution is -0.120. The molecule has 0 spiro atoms. The summed E-state index contributed by atoms with van der Waals surface area (Å²) in [4.78, 5) is 14.2. The van der Waals surface area contributed by atoms with Crippen LogP contribution in [0.4, 0.5) is 4.39 Å². The molecule has 0 bridgehead atoms. The smallest absolute Gasteiger partial charge is 0.221 e. The largest absolute Gasteiger partial charge is 0.359 e. The van der Waals surface area contributed by atoms with E-state index in [0.717, 1.165) is 5.52 Å². The predicted octanol–water partition coefficient (Wildman–Crippen LogP) is 1.97. The fourth-order valence-electron chi connectivity index (χ4n) is 1.69. The number of rotatable bonds is 3. The second-order valence-electron chi connectivity index (χ2n) is 3.67. The molecular weight excluding hydrogens is 241 g/mol. The highest BCUT2D eigenvalue weighted by Gasteiger charge is 2.07. The van der Waals surface area contributed by atoms with Crippen molar-refractivity contribution in [2.24, 2.45) is 0 Å². The van der Waals surface area contributed by atoms with Gasteiger partial charge in [-0.1, -0.05) is 0 Å². The number of H-pyrrole nitrogens is 1. The number of hydrogen-bond donors (Lipinski definition) is 2. The van der Waals surface area contributed by atoms with Crippen LogP contribution in [0.1, 0.15) is 6.42 Å². The lowest BCUT2D eigenvalue weighted by Crippen LogP contribution is -2.19. The Balaban J connectivity index is 2.38. The fourth-order valence-corrected chi connectivity index (χ4v) is 1.99. The summed E-state index contributed by atoms with van der Waals surface area (Å²) in [6, 6.07) is 4.42. The average Bonchev–Trinajstić information content (AvgIpc) is 2.61. The third kappa shape index (κ3) is 2.36. The number of amides is 1. The van der Waals surface area contributed by atoms with Gasteiger partial charge in [-0.2, -0.15) is 0 Å². The Kier molecular flexibility index (Phi) is 3.23. The van der Waals surface area contributed by atoms with Crippen molar-refractivity contribution in [1.29, 1.82) is 0 Å². The number of imidazole rings is 1. The van der Waals surface area contributed by atoms with Gasteiger partial charge in [0.05, 0.1) is 11.0 Å². The number of nitrogens with zero attached hydrogens (tertiary/aromatic N) is 1. The summed E-state index contributed by atoms with van der Waals surface area (Å²) in [6.45, 7) is 0.433. The lowest BCUT2D eigenvalue weighted by Gasteiger charge is -2.03. The molecule has 2 aromatic rings. The number of fused-ring (bicyclic) bond motifs is 1. The quantitative estimate of drug-likeness (QED) is 0.822. The molecule has 0 saturated heterocycles. The van der Waals surface area contributed by atoms with Crippen molar-refractivity contribution < 1.29 is 9.18 Å². The summed E-state index contributed by atoms with van der Waals surface area (Å²) in [5.74, 6) is -0.391. The molecular formula is C11H12FN3OS. The molecule has 1 aromatic heterocycles. The van der Waals surface area contributed by atoms with Gasteiger partial charge in [0.2, 0.25) is 5.91 Å². The first-order chi connectivity index (χ1) is 8.11. The van der Waals surface area contributed by atoms with Crippen molar-refractivity contribution in [3.63, 3.8) is 0 Å². The van der Waals surface area contributed by atoms with E-state index < -0.39 is 0 Å². The van der Waals surface area contributed by atoms with Gasteiger partial charge in [-0.05, 0) is 30.4 Å². The molecule has 0 aliphatic heterocycles. The van der Waals surface area contributed by atoms with Crippen LogP contribution in [0, 0.1) is 10.6 Å². The number of carbonyl (C=O) groups excluding carboxylic acids is 1. The molecule has 4 nitrogen and oxygen atoms in total. The molecule has 0 unspecified atom stereocenters. The molecule has 0 aliphatic rings. The maximum absolute atomic E-state index is 13.2. The summed E-state index contributed by atoms with van der Waals surface area (Å²) < 4.78 is 15.4. The highest BCUT2D eigenvalue weighted by Crippen LogP contribution is 2.15. The first kappa shape index (κ1) is 11.8. The van der Waals surface area contributed by atoms with Crippen molar-refractivity contribution in [2.75, 3.05) is 7.05 Å². The Morgan fingerprint density at radius 2 is 2.35 bits per heavy atom. The van der Waals surface area contributed by atoms with Crippen LogP contribution in [0.3, 0.4) is 0 Å². The average molecular weight is 253 g/mol. The molecule has 1 amide bonds. The molecule has 1 heterocycles. The highest BCUT2D eigenvalue weighted by molar-refractivity contribution is 7.71. The second-order valence-corrected chi connectivity index (χ2v) is 4.05. The zero-order valence-electron chi connectivity index (χ0n) is 9.29. The van der Waals surface area contributed by atoms with Gasteiger partial charge in [0.25, 0.3) is 0 Å². The lowest BCUT2D eigenvalue weighted by atomic mass is 10.3. The standard InChI is InChI=1S/C11H12FN3OS/c1-13-10(16)4-5-15-9-6-7(12)2-3-8(9)14-11(15)17/h2-3,6H,4-5H2,1H3,(H,13,16)(H,14,17). The second kappa shape index (κ2) is 4.67. The minimum Gasteiger partial charge on any atom is -0.359 e. The zero-order chi connectivity index (χ0) is 12.4. The summed E-state index contributed by atoms with van der Waals surface area (Å²) in [7, 11) is 1.58. The summed E-state index contributed by atoms with van der Waals surface area (Å²) in [6.07, 6.45) is 0.314. The zero-order valence-corrected chi connectivity index (χ0v) is 10.1. The van der Waals surface area contributed by atoms with Crippen LogP contribution in [0.2, 0.25) is 0 Å². The maximum Gasteiger partial charge on any atom is 0.221 e. The molecule has 0 atom stereocenters. The van der Waals surface area contributed by atoms with Crippen molar-refractivity contribution in [2.45, 2.75) is 13.0 Å². The topological polar surface area (TPSA) is 49.8 Å². The Bertz CT molecular complexity index is 617. The van der Waals surface area contributed by atoms with E-state index in [9.17, 15) is 9.18 Å². The first-order valence-corrected chi connectivity index (χ1v) is 5.61. The Morgan fingerprint density at radius 3 is 3.06 bits per heavy atom. The molecule has 0 radical (unpaired) electrons. The Hall–Kier alpha value is -1.69. The van der Waals surface area contributed by atoms with E-state index in [0.29, 0.717) is 23.3 Å². The monoisotopic (exact) mass is 253 g/mol. The van der Waals surface area contributed by atoms with Gasteiger partial charge in [0.15, 0.2) is 4.77 Å². The fraction of sp³-hybridized carbons (Fsp3) is 0.273. The van der Waals surface area contributed by atoms with Gasteiger partial charge in [-0.25, -0.2) is 4.39 Å². The van der Waals surface area contributed by atoms with E-state index in [2.05, 4.69) is 10.3 Å². The number of aromatic amines is 1. The summed E-state index contributed by atoms with van der Waals surface area (Å²) >= 11 is 5.14. The number of carbonyl (C=O) groups is 1. The number of halogens is 1. The molecule has 0 aliphatic carbocycles. The normalized spacial score (nSPS) is 10.7. The molecule has 0 fully saturated rings. The van der Waals surface area contributed by atoms with E-state index >= 15 is 0 Å². The Morgan fingerprint density at radius 1 is 1.59 bits per heavy atom. The summed E-state index contributed by atoms with van der Waals surface area (Å²) in [5.41, 5.74) is 1.45. The van der Waals surface area contributed by atoms with E-state index in [1.807, 2.05) is 0 Å². The molecule has 17 heavy (non-hydrogen) atoms. The SMILES string of the molecule is CNC(=O)CCn1c(=S)[nH]c2ccc(F)cc21. The number of benzene rings is 1. The van der Waals surface area contributed by atoms with Gasteiger partial charge in [-0.3, -0.25) is 4.79 Å². The van der Waals surface area contributed by atoms with E-state index in [1.54, 1.807) is 17.7 Å². The van der Waals surface area contributed by atoms with Crippen molar-refractivity contribution in [3.05, 3.63) is 28.8 Å². The van der Waals surface area contributed by atoms with Crippen LogP contribution >= 0.6 is 12.2 Å². The van der Waals surface area contributed by atoms with Crippen LogP contribution in [0.15, 0.2) is 18.2 Å². The van der Waals surface area contributed by atoms with Gasteiger partial charge >= 0.3 is 0 Å². The predicted molar refractivity (Wildman–Crippen MR) is 65.8 cm³/mol. The van der Waals surface area contributed by atoms with E-state index in [4.69, 9.17) is 12.2 Å². The Labute approximate surface area is 102 Å². The number of aromatic nitrogens is 2. The third-order valence-corrected chi connectivity index (χ3v) is 2.90. The molecule has 0 saturated carbocycles. The minimum absolute atomic E-state index is 0.0716. The number of nitrogens with one attached hydrogen (secondary N) is 2. The van der Waals surface area contributed by atoms with Crippen LogP contribution in [-0.4, -0.2) is 22.5 Å². The molecule has 2 rings (SSSR count).